The van der Waals surface area contributed by atoms with E-state index in [9.17, 15) is 0 Å². The lowest BCUT2D eigenvalue weighted by molar-refractivity contribution is 0.927. The number of aromatic nitrogens is 1. The van der Waals surface area contributed by atoms with Crippen LogP contribution in [0, 0.1) is 23.9 Å². The molecule has 0 saturated heterocycles. The van der Waals surface area contributed by atoms with Crippen LogP contribution in [-0.4, -0.2) is 4.98 Å². The summed E-state index contributed by atoms with van der Waals surface area (Å²) in [6.07, 6.45) is 0. The monoisotopic (exact) mass is 241 g/mol. The highest BCUT2D eigenvalue weighted by molar-refractivity contribution is 7.22. The zero-order valence-corrected chi connectivity index (χ0v) is 10.4. The van der Waals surface area contributed by atoms with Crippen molar-refractivity contribution < 1.29 is 0 Å². The number of benzene rings is 1. The van der Waals surface area contributed by atoms with Gasteiger partial charge in [-0.1, -0.05) is 35.3 Å². The van der Waals surface area contributed by atoms with Gasteiger partial charge in [-0.05, 0) is 26.0 Å². The fourth-order valence-electron chi connectivity index (χ4n) is 1.30. The molecule has 0 fully saturated rings. The van der Waals surface area contributed by atoms with Crippen LogP contribution < -0.4 is 10.4 Å². The highest BCUT2D eigenvalue weighted by atomic mass is 32.1. The fraction of sp³-hybridized carbons (Fsp3) is 0.154. The number of rotatable bonds is 2. The third-order valence-corrected chi connectivity index (χ3v) is 3.01. The van der Waals surface area contributed by atoms with Crippen molar-refractivity contribution in [1.29, 1.82) is 0 Å². The molecule has 0 aliphatic heterocycles. The summed E-state index contributed by atoms with van der Waals surface area (Å²) in [5, 5.41) is 2.43. The molecule has 2 aromatic rings. The van der Waals surface area contributed by atoms with Gasteiger partial charge in [-0.15, -0.1) is 0 Å². The number of nitrogens with zero attached hydrogens (tertiary/aromatic N) is 2. The van der Waals surface area contributed by atoms with Gasteiger partial charge < -0.3 is 0 Å². The predicted molar refractivity (Wildman–Crippen MR) is 72.1 cm³/mol. The molecule has 17 heavy (non-hydrogen) atoms. The van der Waals surface area contributed by atoms with Crippen LogP contribution in [0.5, 0.6) is 0 Å². The third-order valence-electron chi connectivity index (χ3n) is 1.99. The molecule has 0 radical (unpaired) electrons. The molecule has 0 spiro atoms. The molecule has 3 nitrogen and oxygen atoms in total. The molecule has 0 atom stereocenters. The zero-order valence-electron chi connectivity index (χ0n) is 9.61. The van der Waals surface area contributed by atoms with E-state index in [0.717, 1.165) is 15.3 Å². The average molecular weight is 241 g/mol. The lowest BCUT2D eigenvalue weighted by Crippen LogP contribution is -2.29. The topological polar surface area (TPSA) is 28.2 Å². The number of thiazole rings is 1. The van der Waals surface area contributed by atoms with Crippen LogP contribution in [0.15, 0.2) is 24.3 Å². The Bertz CT molecular complexity index is 604. The van der Waals surface area contributed by atoms with E-state index in [-0.39, 0.29) is 0 Å². The van der Waals surface area contributed by atoms with Gasteiger partial charge in [-0.3, -0.25) is 0 Å². The molecule has 4 heteroatoms. The van der Waals surface area contributed by atoms with E-state index in [0.29, 0.717) is 0 Å². The number of fused-ring (bicyclic) bond motifs is 1. The lowest BCUT2D eigenvalue weighted by Gasteiger charge is -2.10. The minimum Gasteiger partial charge on any atom is -0.242 e. The van der Waals surface area contributed by atoms with E-state index in [2.05, 4.69) is 34.3 Å². The molecule has 1 heterocycles. The van der Waals surface area contributed by atoms with Gasteiger partial charge in [0.1, 0.15) is 0 Å². The summed E-state index contributed by atoms with van der Waals surface area (Å²) in [6.45, 7) is 3.55. The van der Waals surface area contributed by atoms with Gasteiger partial charge in [0, 0.05) is 12.1 Å². The smallest absolute Gasteiger partial charge is 0.218 e. The van der Waals surface area contributed by atoms with Crippen LogP contribution in [0.25, 0.3) is 10.2 Å². The van der Waals surface area contributed by atoms with Gasteiger partial charge in [0.15, 0.2) is 0 Å². The first-order valence-electron chi connectivity index (χ1n) is 5.10. The van der Waals surface area contributed by atoms with Gasteiger partial charge in [0.25, 0.3) is 0 Å². The number of anilines is 1. The van der Waals surface area contributed by atoms with E-state index < -0.39 is 0 Å². The van der Waals surface area contributed by atoms with Crippen LogP contribution in [0.2, 0.25) is 0 Å². The fourth-order valence-corrected chi connectivity index (χ4v) is 2.19. The number of para-hydroxylation sites is 1. The highest BCUT2D eigenvalue weighted by Gasteiger charge is 2.08. The minimum atomic E-state index is 0.795. The standard InChI is InChI=1S/C13H11N3S/c1-3-9-14-16(10-4-2)13-15-11-7-5-6-8-12(11)17-13/h5-8,14H,1-2H3. The van der Waals surface area contributed by atoms with Gasteiger partial charge in [0.05, 0.1) is 10.2 Å². The Hall–Kier alpha value is -2.17. The van der Waals surface area contributed by atoms with Crippen LogP contribution in [0.3, 0.4) is 0 Å². The van der Waals surface area contributed by atoms with Crippen molar-refractivity contribution in [2.45, 2.75) is 13.8 Å². The number of hydrogen-bond acceptors (Lipinski definition) is 4. The van der Waals surface area contributed by atoms with E-state index >= 15 is 0 Å². The first-order chi connectivity index (χ1) is 8.35. The molecule has 0 saturated carbocycles. The van der Waals surface area contributed by atoms with Crippen LogP contribution in [-0.2, 0) is 0 Å². The molecule has 84 valence electrons. The number of hydrazine groups is 1. The summed E-state index contributed by atoms with van der Waals surface area (Å²) in [7, 11) is 0. The quantitative estimate of drug-likeness (QED) is 0.497. The summed E-state index contributed by atoms with van der Waals surface area (Å²) in [5.41, 5.74) is 3.87. The van der Waals surface area contributed by atoms with Crippen LogP contribution in [0.4, 0.5) is 5.13 Å². The molecular weight excluding hydrogens is 230 g/mol. The van der Waals surface area contributed by atoms with Crippen molar-refractivity contribution >= 4 is 26.7 Å². The van der Waals surface area contributed by atoms with E-state index in [4.69, 9.17) is 0 Å². The molecule has 0 bridgehead atoms. The molecular formula is C13H11N3S. The van der Waals surface area contributed by atoms with Crippen molar-refractivity contribution in [3.63, 3.8) is 0 Å². The minimum absolute atomic E-state index is 0.795. The molecule has 0 amide bonds. The molecule has 0 unspecified atom stereocenters. The summed E-state index contributed by atoms with van der Waals surface area (Å²) < 4.78 is 1.14. The van der Waals surface area contributed by atoms with E-state index in [1.165, 1.54) is 0 Å². The Labute approximate surface area is 104 Å². The average Bonchev–Trinajstić information content (AvgIpc) is 2.78. The second kappa shape index (κ2) is 5.25. The SMILES string of the molecule is CC#CNN(C#CC)c1nc2ccccc2s1. The Morgan fingerprint density at radius 1 is 1.24 bits per heavy atom. The van der Waals surface area contributed by atoms with Crippen LogP contribution in [0.1, 0.15) is 13.8 Å². The first-order valence-corrected chi connectivity index (χ1v) is 5.92. The lowest BCUT2D eigenvalue weighted by atomic mass is 10.3. The van der Waals surface area contributed by atoms with E-state index in [1.807, 2.05) is 24.3 Å². The molecule has 1 aromatic heterocycles. The van der Waals surface area contributed by atoms with Crippen LogP contribution >= 0.6 is 11.3 Å². The zero-order chi connectivity index (χ0) is 12.1. The summed E-state index contributed by atoms with van der Waals surface area (Å²) in [6, 6.07) is 13.7. The molecule has 0 aliphatic rings. The maximum Gasteiger partial charge on any atom is 0.218 e. The van der Waals surface area contributed by atoms with Gasteiger partial charge >= 0.3 is 0 Å². The number of nitrogens with one attached hydrogen (secondary N) is 1. The Balaban J connectivity index is 2.39. The van der Waals surface area contributed by atoms with Crippen molar-refractivity contribution in [2.75, 3.05) is 5.01 Å². The summed E-state index contributed by atoms with van der Waals surface area (Å²) >= 11 is 1.58. The predicted octanol–water partition coefficient (Wildman–Crippen LogP) is 2.57. The van der Waals surface area contributed by atoms with E-state index in [1.54, 1.807) is 30.2 Å². The Kier molecular flexibility index (Phi) is 3.49. The Morgan fingerprint density at radius 2 is 2.06 bits per heavy atom. The van der Waals surface area contributed by atoms with Gasteiger partial charge in [0.2, 0.25) is 5.13 Å². The van der Waals surface area contributed by atoms with Gasteiger partial charge in [-0.2, -0.15) is 5.01 Å². The highest BCUT2D eigenvalue weighted by Crippen LogP contribution is 2.27. The molecule has 0 aliphatic carbocycles. The normalized spacial score (nSPS) is 8.82. The van der Waals surface area contributed by atoms with Crippen molar-refractivity contribution in [2.24, 2.45) is 0 Å². The Morgan fingerprint density at radius 3 is 2.76 bits per heavy atom. The van der Waals surface area contributed by atoms with Gasteiger partial charge in [-0.25, -0.2) is 10.4 Å². The molecule has 1 N–H and O–H groups in total. The second-order valence-corrected chi connectivity index (χ2v) is 4.16. The van der Waals surface area contributed by atoms with Crippen molar-refractivity contribution in [3.8, 4) is 23.9 Å². The third kappa shape index (κ3) is 2.50. The summed E-state index contributed by atoms with van der Waals surface area (Å²) in [5.74, 6) is 5.60. The maximum absolute atomic E-state index is 4.50. The van der Waals surface area contributed by atoms with Crippen molar-refractivity contribution in [3.05, 3.63) is 24.3 Å². The number of hydrogen-bond donors (Lipinski definition) is 1. The van der Waals surface area contributed by atoms with Crippen molar-refractivity contribution in [1.82, 2.24) is 10.4 Å². The first kappa shape index (κ1) is 11.3. The molecule has 2 rings (SSSR count). The largest absolute Gasteiger partial charge is 0.242 e. The molecule has 1 aromatic carbocycles. The second-order valence-electron chi connectivity index (χ2n) is 3.15. The summed E-state index contributed by atoms with van der Waals surface area (Å²) in [4.78, 5) is 4.50. The maximum atomic E-state index is 4.50.